The summed E-state index contributed by atoms with van der Waals surface area (Å²) in [7, 11) is 0. The average Bonchev–Trinajstić information content (AvgIpc) is 2.26. The van der Waals surface area contributed by atoms with Gasteiger partial charge < -0.3 is 4.74 Å². The van der Waals surface area contributed by atoms with E-state index in [2.05, 4.69) is 0 Å². The van der Waals surface area contributed by atoms with Crippen molar-refractivity contribution in [2.45, 2.75) is 46.1 Å². The summed E-state index contributed by atoms with van der Waals surface area (Å²) in [6.07, 6.45) is 0. The van der Waals surface area contributed by atoms with Crippen molar-refractivity contribution in [3.63, 3.8) is 0 Å². The molecule has 0 bridgehead atoms. The van der Waals surface area contributed by atoms with E-state index >= 15 is 0 Å². The minimum absolute atomic E-state index is 0.165. The standard InChI is InChI=1S/C15H20O3/c1-10(2)12-8-6-7-9-13(12)14(17)15(4,5)18-11(3)16/h6-10H,1-5H3. The van der Waals surface area contributed by atoms with E-state index in [-0.39, 0.29) is 11.7 Å². The Hall–Kier alpha value is -1.64. The summed E-state index contributed by atoms with van der Waals surface area (Å²) in [6, 6.07) is 7.44. The van der Waals surface area contributed by atoms with Crippen LogP contribution in [-0.2, 0) is 9.53 Å². The molecule has 0 atom stereocenters. The Morgan fingerprint density at radius 1 is 1.17 bits per heavy atom. The molecule has 1 rings (SSSR count). The third-order valence-electron chi connectivity index (χ3n) is 2.77. The second-order valence-electron chi connectivity index (χ2n) is 5.18. The lowest BCUT2D eigenvalue weighted by atomic mass is 9.89. The van der Waals surface area contributed by atoms with Crippen LogP contribution in [0.3, 0.4) is 0 Å². The molecule has 0 aromatic heterocycles. The Morgan fingerprint density at radius 3 is 2.22 bits per heavy atom. The Kier molecular flexibility index (Phi) is 4.28. The third kappa shape index (κ3) is 3.19. The Labute approximate surface area is 108 Å². The fraction of sp³-hybridized carbons (Fsp3) is 0.467. The van der Waals surface area contributed by atoms with Crippen LogP contribution in [-0.4, -0.2) is 17.4 Å². The maximum atomic E-state index is 12.4. The van der Waals surface area contributed by atoms with E-state index in [0.29, 0.717) is 5.56 Å². The number of ether oxygens (including phenoxy) is 1. The van der Waals surface area contributed by atoms with Gasteiger partial charge in [0.15, 0.2) is 5.60 Å². The summed E-state index contributed by atoms with van der Waals surface area (Å²) in [4.78, 5) is 23.5. The molecule has 0 radical (unpaired) electrons. The van der Waals surface area contributed by atoms with Gasteiger partial charge in [-0.05, 0) is 25.3 Å². The summed E-state index contributed by atoms with van der Waals surface area (Å²) in [5.41, 5.74) is 0.470. The van der Waals surface area contributed by atoms with Crippen molar-refractivity contribution >= 4 is 11.8 Å². The molecule has 98 valence electrons. The molecular weight excluding hydrogens is 228 g/mol. The second-order valence-corrected chi connectivity index (χ2v) is 5.18. The maximum absolute atomic E-state index is 12.4. The number of carbonyl (C=O) groups excluding carboxylic acids is 2. The van der Waals surface area contributed by atoms with Crippen LogP contribution in [0.5, 0.6) is 0 Å². The number of ketones is 1. The smallest absolute Gasteiger partial charge is 0.303 e. The molecule has 1 aromatic carbocycles. The molecule has 0 aliphatic rings. The second kappa shape index (κ2) is 5.34. The predicted octanol–water partition coefficient (Wildman–Crippen LogP) is 3.33. The number of hydrogen-bond donors (Lipinski definition) is 0. The molecule has 0 aliphatic heterocycles. The predicted molar refractivity (Wildman–Crippen MR) is 70.7 cm³/mol. The highest BCUT2D eigenvalue weighted by atomic mass is 16.6. The van der Waals surface area contributed by atoms with Crippen molar-refractivity contribution in [3.05, 3.63) is 35.4 Å². The lowest BCUT2D eigenvalue weighted by Gasteiger charge is -2.24. The molecule has 0 amide bonds. The van der Waals surface area contributed by atoms with Crippen molar-refractivity contribution < 1.29 is 14.3 Å². The van der Waals surface area contributed by atoms with Gasteiger partial charge >= 0.3 is 5.97 Å². The summed E-state index contributed by atoms with van der Waals surface area (Å²) in [5.74, 6) is -0.365. The summed E-state index contributed by atoms with van der Waals surface area (Å²) in [5, 5.41) is 0. The Morgan fingerprint density at radius 2 is 1.72 bits per heavy atom. The lowest BCUT2D eigenvalue weighted by molar-refractivity contribution is -0.149. The molecule has 3 nitrogen and oxygen atoms in total. The topological polar surface area (TPSA) is 43.4 Å². The molecule has 18 heavy (non-hydrogen) atoms. The van der Waals surface area contributed by atoms with Crippen LogP contribution in [0.15, 0.2) is 24.3 Å². The molecule has 0 N–H and O–H groups in total. The number of esters is 1. The number of carbonyl (C=O) groups is 2. The van der Waals surface area contributed by atoms with E-state index < -0.39 is 11.6 Å². The first kappa shape index (κ1) is 14.4. The largest absolute Gasteiger partial charge is 0.451 e. The van der Waals surface area contributed by atoms with Gasteiger partial charge in [-0.25, -0.2) is 0 Å². The molecule has 0 heterocycles. The van der Waals surface area contributed by atoms with Crippen molar-refractivity contribution in [1.29, 1.82) is 0 Å². The van der Waals surface area contributed by atoms with Crippen LogP contribution in [0.25, 0.3) is 0 Å². The molecule has 3 heteroatoms. The molecule has 0 unspecified atom stereocenters. The van der Waals surface area contributed by atoms with Crippen LogP contribution in [0.1, 0.15) is 56.5 Å². The van der Waals surface area contributed by atoms with Gasteiger partial charge in [0.2, 0.25) is 5.78 Å². The summed E-state index contributed by atoms with van der Waals surface area (Å²) in [6.45, 7) is 8.61. The summed E-state index contributed by atoms with van der Waals surface area (Å²) >= 11 is 0. The number of benzene rings is 1. The Bertz CT molecular complexity index is 459. The first-order valence-corrected chi connectivity index (χ1v) is 6.09. The minimum Gasteiger partial charge on any atom is -0.451 e. The van der Waals surface area contributed by atoms with E-state index in [1.807, 2.05) is 32.0 Å². The van der Waals surface area contributed by atoms with Crippen molar-refractivity contribution in [1.82, 2.24) is 0 Å². The van der Waals surface area contributed by atoms with Gasteiger partial charge in [-0.2, -0.15) is 0 Å². The maximum Gasteiger partial charge on any atom is 0.303 e. The van der Waals surface area contributed by atoms with Crippen molar-refractivity contribution in [2.75, 3.05) is 0 Å². The average molecular weight is 248 g/mol. The van der Waals surface area contributed by atoms with Crippen LogP contribution in [0.2, 0.25) is 0 Å². The van der Waals surface area contributed by atoms with Gasteiger partial charge in [0.05, 0.1) is 0 Å². The fourth-order valence-electron chi connectivity index (χ4n) is 1.94. The highest BCUT2D eigenvalue weighted by Crippen LogP contribution is 2.25. The Balaban J connectivity index is 3.14. The number of rotatable bonds is 4. The van der Waals surface area contributed by atoms with Crippen molar-refractivity contribution in [3.8, 4) is 0 Å². The van der Waals surface area contributed by atoms with E-state index in [0.717, 1.165) is 5.56 Å². The highest BCUT2D eigenvalue weighted by Gasteiger charge is 2.33. The third-order valence-corrected chi connectivity index (χ3v) is 2.77. The molecule has 0 saturated heterocycles. The first-order valence-electron chi connectivity index (χ1n) is 6.09. The molecular formula is C15H20O3. The van der Waals surface area contributed by atoms with Gasteiger partial charge in [0.1, 0.15) is 0 Å². The zero-order valence-electron chi connectivity index (χ0n) is 11.6. The fourth-order valence-corrected chi connectivity index (χ4v) is 1.94. The zero-order valence-corrected chi connectivity index (χ0v) is 11.6. The molecule has 0 saturated carbocycles. The van der Waals surface area contributed by atoms with Crippen LogP contribution in [0.4, 0.5) is 0 Å². The minimum atomic E-state index is -1.13. The van der Waals surface area contributed by atoms with E-state index in [9.17, 15) is 9.59 Å². The quantitative estimate of drug-likeness (QED) is 0.606. The molecule has 0 fully saturated rings. The number of hydrogen-bond acceptors (Lipinski definition) is 3. The zero-order chi connectivity index (χ0) is 13.9. The van der Waals surface area contributed by atoms with Gasteiger partial charge in [-0.1, -0.05) is 38.1 Å². The highest BCUT2D eigenvalue weighted by molar-refractivity contribution is 6.04. The normalized spacial score (nSPS) is 11.4. The first-order chi connectivity index (χ1) is 8.25. The van der Waals surface area contributed by atoms with E-state index in [1.54, 1.807) is 19.9 Å². The van der Waals surface area contributed by atoms with Crippen molar-refractivity contribution in [2.24, 2.45) is 0 Å². The van der Waals surface area contributed by atoms with E-state index in [1.165, 1.54) is 6.92 Å². The van der Waals surface area contributed by atoms with Gasteiger partial charge in [0.25, 0.3) is 0 Å². The van der Waals surface area contributed by atoms with Gasteiger partial charge in [-0.15, -0.1) is 0 Å². The van der Waals surface area contributed by atoms with Crippen LogP contribution in [0, 0.1) is 0 Å². The summed E-state index contributed by atoms with van der Waals surface area (Å²) < 4.78 is 5.10. The van der Waals surface area contributed by atoms with Gasteiger partial charge in [-0.3, -0.25) is 9.59 Å². The lowest BCUT2D eigenvalue weighted by Crippen LogP contribution is -2.37. The molecule has 0 spiro atoms. The molecule has 1 aromatic rings. The van der Waals surface area contributed by atoms with Crippen LogP contribution >= 0.6 is 0 Å². The van der Waals surface area contributed by atoms with Gasteiger partial charge in [0, 0.05) is 12.5 Å². The number of Topliss-reactive ketones (excluding diaryl/α,β-unsaturated/α-hetero) is 1. The SMILES string of the molecule is CC(=O)OC(C)(C)C(=O)c1ccccc1C(C)C. The monoisotopic (exact) mass is 248 g/mol. The van der Waals surface area contributed by atoms with E-state index in [4.69, 9.17) is 4.74 Å². The van der Waals surface area contributed by atoms with Crippen LogP contribution < -0.4 is 0 Å². The molecule has 0 aliphatic carbocycles.